The fraction of sp³-hybridized carbons (Fsp3) is 0.571. The quantitative estimate of drug-likeness (QED) is 0.752. The van der Waals surface area contributed by atoms with Crippen LogP contribution in [0.25, 0.3) is 0 Å². The van der Waals surface area contributed by atoms with Gasteiger partial charge in [-0.05, 0) is 11.6 Å². The highest BCUT2D eigenvalue weighted by Crippen LogP contribution is 2.30. The van der Waals surface area contributed by atoms with Crippen LogP contribution in [0.15, 0.2) is 24.3 Å². The van der Waals surface area contributed by atoms with Crippen LogP contribution in [0.3, 0.4) is 0 Å². The summed E-state index contributed by atoms with van der Waals surface area (Å²) in [6.45, 7) is 3.46. The molecule has 1 aromatic carbocycles. The van der Waals surface area contributed by atoms with Gasteiger partial charge in [0.2, 0.25) is 0 Å². The molecule has 1 aromatic rings. The predicted octanol–water partition coefficient (Wildman–Crippen LogP) is 2.30. The SMILES string of the molecule is FC(F)(F)c1cccc(CN(CC2CO2)CC2CO2)c1. The van der Waals surface area contributed by atoms with Crippen LogP contribution >= 0.6 is 0 Å². The van der Waals surface area contributed by atoms with Gasteiger partial charge in [0, 0.05) is 19.6 Å². The van der Waals surface area contributed by atoms with E-state index in [1.54, 1.807) is 6.07 Å². The molecule has 2 heterocycles. The van der Waals surface area contributed by atoms with Gasteiger partial charge in [-0.15, -0.1) is 0 Å². The molecule has 2 aliphatic rings. The maximum Gasteiger partial charge on any atom is 0.416 e. The largest absolute Gasteiger partial charge is 0.416 e. The number of hydrogen-bond donors (Lipinski definition) is 0. The first-order valence-electron chi connectivity index (χ1n) is 6.62. The van der Waals surface area contributed by atoms with Crippen molar-refractivity contribution in [2.75, 3.05) is 26.3 Å². The zero-order chi connectivity index (χ0) is 14.2. The maximum atomic E-state index is 12.7. The Kier molecular flexibility index (Phi) is 3.70. The fourth-order valence-corrected chi connectivity index (χ4v) is 2.23. The molecular formula is C14H16F3NO2. The van der Waals surface area contributed by atoms with Crippen molar-refractivity contribution in [3.63, 3.8) is 0 Å². The van der Waals surface area contributed by atoms with Crippen LogP contribution in [0, 0.1) is 0 Å². The summed E-state index contributed by atoms with van der Waals surface area (Å²) in [7, 11) is 0. The molecule has 2 atom stereocenters. The van der Waals surface area contributed by atoms with Crippen molar-refractivity contribution in [1.29, 1.82) is 0 Å². The van der Waals surface area contributed by atoms with E-state index in [1.165, 1.54) is 12.1 Å². The van der Waals surface area contributed by atoms with Gasteiger partial charge < -0.3 is 9.47 Å². The first-order valence-corrected chi connectivity index (χ1v) is 6.62. The van der Waals surface area contributed by atoms with E-state index in [4.69, 9.17) is 9.47 Å². The topological polar surface area (TPSA) is 28.3 Å². The number of alkyl halides is 3. The van der Waals surface area contributed by atoms with Crippen LogP contribution in [-0.2, 0) is 22.2 Å². The molecule has 0 spiro atoms. The second kappa shape index (κ2) is 5.35. The molecule has 0 radical (unpaired) electrons. The standard InChI is InChI=1S/C14H16F3NO2/c15-14(16,17)11-3-1-2-10(4-11)5-18(6-12-8-19-12)7-13-9-20-13/h1-4,12-13H,5-9H2. The Morgan fingerprint density at radius 2 is 1.70 bits per heavy atom. The smallest absolute Gasteiger partial charge is 0.372 e. The van der Waals surface area contributed by atoms with Gasteiger partial charge in [-0.3, -0.25) is 4.90 Å². The Labute approximate surface area is 115 Å². The Morgan fingerprint density at radius 3 is 2.20 bits per heavy atom. The van der Waals surface area contributed by atoms with Gasteiger partial charge in [-0.1, -0.05) is 18.2 Å². The van der Waals surface area contributed by atoms with Gasteiger partial charge in [0.15, 0.2) is 0 Å². The molecule has 2 unspecified atom stereocenters. The number of halogens is 3. The molecule has 2 aliphatic heterocycles. The van der Waals surface area contributed by atoms with E-state index < -0.39 is 11.7 Å². The normalized spacial score (nSPS) is 25.0. The van der Waals surface area contributed by atoms with Crippen molar-refractivity contribution in [2.45, 2.75) is 24.9 Å². The van der Waals surface area contributed by atoms with Crippen LogP contribution in [0.2, 0.25) is 0 Å². The summed E-state index contributed by atoms with van der Waals surface area (Å²) in [5, 5.41) is 0. The zero-order valence-corrected chi connectivity index (χ0v) is 10.9. The number of epoxide rings is 2. The van der Waals surface area contributed by atoms with Crippen molar-refractivity contribution in [1.82, 2.24) is 4.90 Å². The molecule has 110 valence electrons. The lowest BCUT2D eigenvalue weighted by Crippen LogP contribution is -2.31. The summed E-state index contributed by atoms with van der Waals surface area (Å²) in [6, 6.07) is 5.50. The molecule has 6 heteroatoms. The lowest BCUT2D eigenvalue weighted by atomic mass is 10.1. The van der Waals surface area contributed by atoms with E-state index in [1.807, 2.05) is 0 Å². The minimum absolute atomic E-state index is 0.222. The Balaban J connectivity index is 1.66. The van der Waals surface area contributed by atoms with Crippen molar-refractivity contribution in [2.24, 2.45) is 0 Å². The number of benzene rings is 1. The van der Waals surface area contributed by atoms with Gasteiger partial charge in [-0.2, -0.15) is 13.2 Å². The summed E-state index contributed by atoms with van der Waals surface area (Å²) < 4.78 is 48.5. The van der Waals surface area contributed by atoms with Gasteiger partial charge in [-0.25, -0.2) is 0 Å². The third-order valence-electron chi connectivity index (χ3n) is 3.39. The molecule has 0 saturated carbocycles. The van der Waals surface area contributed by atoms with Gasteiger partial charge >= 0.3 is 6.18 Å². The van der Waals surface area contributed by atoms with Crippen molar-refractivity contribution >= 4 is 0 Å². The van der Waals surface area contributed by atoms with Gasteiger partial charge in [0.05, 0.1) is 31.0 Å². The molecule has 0 aliphatic carbocycles. The van der Waals surface area contributed by atoms with Gasteiger partial charge in [0.1, 0.15) is 0 Å². The average Bonchev–Trinajstić information content (AvgIpc) is 3.24. The highest BCUT2D eigenvalue weighted by atomic mass is 19.4. The first kappa shape index (κ1) is 13.9. The highest BCUT2D eigenvalue weighted by Gasteiger charge is 2.32. The summed E-state index contributed by atoms with van der Waals surface area (Å²) in [5.41, 5.74) is 0.0708. The van der Waals surface area contributed by atoms with Crippen LogP contribution < -0.4 is 0 Å². The summed E-state index contributed by atoms with van der Waals surface area (Å²) >= 11 is 0. The van der Waals surface area contributed by atoms with E-state index in [0.29, 0.717) is 12.1 Å². The maximum absolute atomic E-state index is 12.7. The molecular weight excluding hydrogens is 271 g/mol. The van der Waals surface area contributed by atoms with Crippen molar-refractivity contribution < 1.29 is 22.6 Å². The fourth-order valence-electron chi connectivity index (χ4n) is 2.23. The van der Waals surface area contributed by atoms with E-state index in [0.717, 1.165) is 32.4 Å². The van der Waals surface area contributed by atoms with Gasteiger partial charge in [0.25, 0.3) is 0 Å². The van der Waals surface area contributed by atoms with E-state index in [9.17, 15) is 13.2 Å². The van der Waals surface area contributed by atoms with E-state index in [2.05, 4.69) is 4.90 Å². The Hall–Kier alpha value is -1.11. The third-order valence-corrected chi connectivity index (χ3v) is 3.39. The lowest BCUT2D eigenvalue weighted by molar-refractivity contribution is -0.137. The number of nitrogens with zero attached hydrogens (tertiary/aromatic N) is 1. The molecule has 0 bridgehead atoms. The molecule has 0 amide bonds. The zero-order valence-electron chi connectivity index (χ0n) is 10.9. The molecule has 3 rings (SSSR count). The van der Waals surface area contributed by atoms with Crippen molar-refractivity contribution in [3.8, 4) is 0 Å². The van der Waals surface area contributed by atoms with E-state index >= 15 is 0 Å². The molecule has 20 heavy (non-hydrogen) atoms. The average molecular weight is 287 g/mol. The number of ether oxygens (including phenoxy) is 2. The monoisotopic (exact) mass is 287 g/mol. The van der Waals surface area contributed by atoms with Crippen LogP contribution in [0.1, 0.15) is 11.1 Å². The molecule has 0 aromatic heterocycles. The minimum Gasteiger partial charge on any atom is -0.372 e. The summed E-state index contributed by atoms with van der Waals surface area (Å²) in [4.78, 5) is 2.10. The highest BCUT2D eigenvalue weighted by molar-refractivity contribution is 5.25. The molecule has 0 N–H and O–H groups in total. The predicted molar refractivity (Wildman–Crippen MR) is 66.2 cm³/mol. The van der Waals surface area contributed by atoms with E-state index in [-0.39, 0.29) is 12.2 Å². The van der Waals surface area contributed by atoms with Crippen LogP contribution in [-0.4, -0.2) is 43.4 Å². The molecule has 2 saturated heterocycles. The minimum atomic E-state index is -4.29. The van der Waals surface area contributed by atoms with Crippen LogP contribution in [0.5, 0.6) is 0 Å². The second-order valence-electron chi connectivity index (χ2n) is 5.30. The second-order valence-corrected chi connectivity index (χ2v) is 5.30. The summed E-state index contributed by atoms with van der Waals surface area (Å²) in [5.74, 6) is 0. The summed E-state index contributed by atoms with van der Waals surface area (Å²) in [6.07, 6.45) is -3.85. The number of rotatable bonds is 6. The number of hydrogen-bond acceptors (Lipinski definition) is 3. The Morgan fingerprint density at radius 1 is 1.10 bits per heavy atom. The first-order chi connectivity index (χ1) is 9.50. The molecule has 3 nitrogen and oxygen atoms in total. The lowest BCUT2D eigenvalue weighted by Gasteiger charge is -2.21. The third kappa shape index (κ3) is 3.94. The Bertz CT molecular complexity index is 456. The molecule has 2 fully saturated rings. The van der Waals surface area contributed by atoms with Crippen LogP contribution in [0.4, 0.5) is 13.2 Å². The van der Waals surface area contributed by atoms with Crippen molar-refractivity contribution in [3.05, 3.63) is 35.4 Å².